The molecule has 2 aromatic heterocycles. The number of hydrogen-bond donors (Lipinski definition) is 1. The molecule has 0 unspecified atom stereocenters. The Morgan fingerprint density at radius 1 is 1.36 bits per heavy atom. The number of benzene rings is 1. The van der Waals surface area contributed by atoms with Gasteiger partial charge in [0.2, 0.25) is 5.91 Å². The molecule has 25 heavy (non-hydrogen) atoms. The third-order valence-corrected chi connectivity index (χ3v) is 5.08. The van der Waals surface area contributed by atoms with Crippen molar-refractivity contribution in [2.75, 3.05) is 11.1 Å². The molecule has 2 heterocycles. The Balaban J connectivity index is 1.70. The average Bonchev–Trinajstić information content (AvgIpc) is 3.14. The van der Waals surface area contributed by atoms with Gasteiger partial charge in [0.1, 0.15) is 5.82 Å². The Hall–Kier alpha value is -2.25. The number of aromatic nitrogens is 4. The van der Waals surface area contributed by atoms with E-state index in [4.69, 9.17) is 11.6 Å². The highest BCUT2D eigenvalue weighted by Gasteiger charge is 2.13. The molecule has 130 valence electrons. The van der Waals surface area contributed by atoms with Gasteiger partial charge in [-0.1, -0.05) is 29.4 Å². The highest BCUT2D eigenvalue weighted by atomic mass is 35.5. The number of anilines is 1. The van der Waals surface area contributed by atoms with E-state index in [1.54, 1.807) is 17.9 Å². The van der Waals surface area contributed by atoms with E-state index < -0.39 is 0 Å². The molecule has 0 aliphatic heterocycles. The summed E-state index contributed by atoms with van der Waals surface area (Å²) in [4.78, 5) is 16.6. The van der Waals surface area contributed by atoms with Crippen LogP contribution >= 0.6 is 23.4 Å². The van der Waals surface area contributed by atoms with Crippen LogP contribution in [0.5, 0.6) is 0 Å². The van der Waals surface area contributed by atoms with E-state index in [9.17, 15) is 4.79 Å². The Morgan fingerprint density at radius 3 is 2.88 bits per heavy atom. The zero-order chi connectivity index (χ0) is 18.0. The van der Waals surface area contributed by atoms with Gasteiger partial charge in [0, 0.05) is 30.5 Å². The molecule has 8 heteroatoms. The summed E-state index contributed by atoms with van der Waals surface area (Å²) in [6.45, 7) is 3.85. The first-order valence-corrected chi connectivity index (χ1v) is 9.04. The molecular weight excluding hydrogens is 358 g/mol. The first-order chi connectivity index (χ1) is 12.0. The number of imidazole rings is 1. The summed E-state index contributed by atoms with van der Waals surface area (Å²) in [5.74, 6) is 0.823. The lowest BCUT2D eigenvalue weighted by Gasteiger charge is -2.11. The van der Waals surface area contributed by atoms with E-state index in [-0.39, 0.29) is 11.7 Å². The molecule has 0 saturated carbocycles. The van der Waals surface area contributed by atoms with Gasteiger partial charge in [0.05, 0.1) is 17.1 Å². The van der Waals surface area contributed by atoms with E-state index in [1.807, 2.05) is 48.9 Å². The largest absolute Gasteiger partial charge is 0.310 e. The van der Waals surface area contributed by atoms with Crippen LogP contribution in [0.1, 0.15) is 11.3 Å². The monoisotopic (exact) mass is 375 g/mol. The first-order valence-electron chi connectivity index (χ1n) is 7.68. The minimum Gasteiger partial charge on any atom is -0.310 e. The third-order valence-electron chi connectivity index (χ3n) is 3.71. The lowest BCUT2D eigenvalue weighted by molar-refractivity contribution is -0.113. The highest BCUT2D eigenvalue weighted by Crippen LogP contribution is 2.26. The summed E-state index contributed by atoms with van der Waals surface area (Å²) in [5.41, 5.74) is 2.78. The standard InChI is InChI=1S/C17H18ClN5OS/c1-11-9-15(22(3)21-11)20-16(24)10-25-17-19-7-8-23(17)14-6-4-5-13(18)12(14)2/h4-9H,10H2,1-3H3,(H,20,24). The molecule has 1 amide bonds. The second-order valence-electron chi connectivity index (χ2n) is 5.60. The minimum atomic E-state index is -0.106. The van der Waals surface area contributed by atoms with Crippen LogP contribution in [0.4, 0.5) is 5.82 Å². The number of aryl methyl sites for hydroxylation is 2. The molecule has 0 fully saturated rings. The van der Waals surface area contributed by atoms with E-state index >= 15 is 0 Å². The van der Waals surface area contributed by atoms with Gasteiger partial charge < -0.3 is 5.32 Å². The van der Waals surface area contributed by atoms with Gasteiger partial charge >= 0.3 is 0 Å². The van der Waals surface area contributed by atoms with Crippen LogP contribution in [0.15, 0.2) is 41.8 Å². The lowest BCUT2D eigenvalue weighted by atomic mass is 10.2. The van der Waals surface area contributed by atoms with E-state index in [0.717, 1.165) is 22.1 Å². The predicted octanol–water partition coefficient (Wildman–Crippen LogP) is 3.61. The maximum Gasteiger partial charge on any atom is 0.235 e. The summed E-state index contributed by atoms with van der Waals surface area (Å²) >= 11 is 7.57. The molecule has 6 nitrogen and oxygen atoms in total. The summed E-state index contributed by atoms with van der Waals surface area (Å²) in [7, 11) is 1.80. The van der Waals surface area contributed by atoms with Gasteiger partial charge in [0.25, 0.3) is 0 Å². The molecule has 1 aromatic carbocycles. The summed E-state index contributed by atoms with van der Waals surface area (Å²) < 4.78 is 3.58. The van der Waals surface area contributed by atoms with Gasteiger partial charge in [-0.2, -0.15) is 5.10 Å². The number of carbonyl (C=O) groups is 1. The number of halogens is 1. The van der Waals surface area contributed by atoms with Crippen molar-refractivity contribution in [1.29, 1.82) is 0 Å². The summed E-state index contributed by atoms with van der Waals surface area (Å²) in [5, 5.41) is 8.51. The number of amides is 1. The second-order valence-corrected chi connectivity index (χ2v) is 6.94. The molecular formula is C17H18ClN5OS. The number of nitrogens with zero attached hydrogens (tertiary/aromatic N) is 4. The Labute approximate surface area is 155 Å². The van der Waals surface area contributed by atoms with Crippen molar-refractivity contribution in [3.63, 3.8) is 0 Å². The van der Waals surface area contributed by atoms with Crippen molar-refractivity contribution in [1.82, 2.24) is 19.3 Å². The zero-order valence-electron chi connectivity index (χ0n) is 14.2. The number of nitrogens with one attached hydrogen (secondary N) is 1. The van der Waals surface area contributed by atoms with Crippen LogP contribution in [0.2, 0.25) is 5.02 Å². The van der Waals surface area contributed by atoms with Gasteiger partial charge in [0.15, 0.2) is 5.16 Å². The van der Waals surface area contributed by atoms with Crippen molar-refractivity contribution in [3.8, 4) is 5.69 Å². The summed E-state index contributed by atoms with van der Waals surface area (Å²) in [6, 6.07) is 7.56. The van der Waals surface area contributed by atoms with Crippen LogP contribution in [-0.4, -0.2) is 31.0 Å². The van der Waals surface area contributed by atoms with Crippen molar-refractivity contribution < 1.29 is 4.79 Å². The fraction of sp³-hybridized carbons (Fsp3) is 0.235. The zero-order valence-corrected chi connectivity index (χ0v) is 15.7. The molecule has 1 N–H and O–H groups in total. The van der Waals surface area contributed by atoms with Crippen LogP contribution in [-0.2, 0) is 11.8 Å². The number of hydrogen-bond acceptors (Lipinski definition) is 4. The smallest absolute Gasteiger partial charge is 0.235 e. The van der Waals surface area contributed by atoms with Crippen molar-refractivity contribution in [3.05, 3.63) is 52.9 Å². The van der Waals surface area contributed by atoms with Gasteiger partial charge in [-0.25, -0.2) is 4.98 Å². The fourth-order valence-corrected chi connectivity index (χ4v) is 3.41. The normalized spacial score (nSPS) is 10.9. The van der Waals surface area contributed by atoms with Crippen molar-refractivity contribution in [2.45, 2.75) is 19.0 Å². The molecule has 0 atom stereocenters. The van der Waals surface area contributed by atoms with Gasteiger partial charge in [-0.15, -0.1) is 0 Å². The van der Waals surface area contributed by atoms with Gasteiger partial charge in [-0.3, -0.25) is 14.0 Å². The molecule has 0 aliphatic carbocycles. The summed E-state index contributed by atoms with van der Waals surface area (Å²) in [6.07, 6.45) is 3.58. The fourth-order valence-electron chi connectivity index (χ4n) is 2.47. The van der Waals surface area contributed by atoms with Crippen molar-refractivity contribution >= 4 is 35.1 Å². The molecule has 0 saturated heterocycles. The number of rotatable bonds is 5. The SMILES string of the molecule is Cc1cc(NC(=O)CSc2nccn2-c2cccc(Cl)c2C)n(C)n1. The van der Waals surface area contributed by atoms with Crippen LogP contribution < -0.4 is 5.32 Å². The van der Waals surface area contributed by atoms with E-state index in [1.165, 1.54) is 11.8 Å². The Kier molecular flexibility index (Phi) is 5.15. The molecule has 0 aliphatic rings. The quantitative estimate of drug-likeness (QED) is 0.692. The van der Waals surface area contributed by atoms with Crippen LogP contribution in [0.3, 0.4) is 0 Å². The maximum absolute atomic E-state index is 12.2. The third kappa shape index (κ3) is 3.88. The molecule has 0 bridgehead atoms. The van der Waals surface area contributed by atoms with Crippen LogP contribution in [0.25, 0.3) is 5.69 Å². The minimum absolute atomic E-state index is 0.106. The Bertz CT molecular complexity index is 918. The highest BCUT2D eigenvalue weighted by molar-refractivity contribution is 7.99. The molecule has 0 radical (unpaired) electrons. The molecule has 3 aromatic rings. The van der Waals surface area contributed by atoms with Gasteiger partial charge in [-0.05, 0) is 31.5 Å². The maximum atomic E-state index is 12.2. The van der Waals surface area contributed by atoms with E-state index in [0.29, 0.717) is 10.8 Å². The van der Waals surface area contributed by atoms with E-state index in [2.05, 4.69) is 15.4 Å². The second kappa shape index (κ2) is 7.33. The Morgan fingerprint density at radius 2 is 2.16 bits per heavy atom. The number of carbonyl (C=O) groups excluding carboxylic acids is 1. The predicted molar refractivity (Wildman–Crippen MR) is 101 cm³/mol. The lowest BCUT2D eigenvalue weighted by Crippen LogP contribution is -2.16. The average molecular weight is 376 g/mol. The molecule has 3 rings (SSSR count). The van der Waals surface area contributed by atoms with Crippen molar-refractivity contribution in [2.24, 2.45) is 7.05 Å². The van der Waals surface area contributed by atoms with Crippen LogP contribution in [0, 0.1) is 13.8 Å². The number of thioether (sulfide) groups is 1. The topological polar surface area (TPSA) is 64.7 Å². The first kappa shape index (κ1) is 17.6. The molecule has 0 spiro atoms.